The van der Waals surface area contributed by atoms with Crippen LogP contribution >= 0.6 is 23.2 Å². The number of halogens is 2. The molecule has 0 N–H and O–H groups in total. The summed E-state index contributed by atoms with van der Waals surface area (Å²) in [5.74, 6) is 0.654. The molecule has 13 heavy (non-hydrogen) atoms. The fourth-order valence-electron chi connectivity index (χ4n) is 1.14. The van der Waals surface area contributed by atoms with Crippen molar-refractivity contribution in [3.63, 3.8) is 0 Å². The number of hydrogen-bond donors (Lipinski definition) is 0. The second-order valence-corrected chi connectivity index (χ2v) is 3.80. The Morgan fingerprint density at radius 1 is 1.31 bits per heavy atom. The molecule has 1 aromatic carbocycles. The number of alkyl halides is 1. The molecule has 1 rings (SSSR count). The minimum atomic E-state index is 0.654. The minimum absolute atomic E-state index is 0.654. The predicted octanol–water partition coefficient (Wildman–Crippen LogP) is 3.01. The molecule has 0 fully saturated rings. The lowest BCUT2D eigenvalue weighted by molar-refractivity contribution is 0.348. The zero-order valence-corrected chi connectivity index (χ0v) is 9.15. The molecule has 0 heterocycles. The molecule has 0 atom stereocenters. The third-order valence-electron chi connectivity index (χ3n) is 1.86. The number of nitrogens with zero attached hydrogens (tertiary/aromatic N) is 1. The van der Waals surface area contributed by atoms with E-state index in [-0.39, 0.29) is 0 Å². The Bertz CT molecular complexity index is 263. The van der Waals surface area contributed by atoms with Crippen LogP contribution in [0.4, 0.5) is 0 Å². The van der Waals surface area contributed by atoms with Crippen LogP contribution in [0, 0.1) is 0 Å². The molecule has 0 saturated carbocycles. The first-order chi connectivity index (χ1) is 6.24. The molecule has 0 amide bonds. The largest absolute Gasteiger partial charge is 0.301 e. The van der Waals surface area contributed by atoms with Crippen molar-refractivity contribution < 1.29 is 0 Å². The fraction of sp³-hybridized carbons (Fsp3) is 0.400. The molecule has 0 aromatic heterocycles. The van der Waals surface area contributed by atoms with E-state index in [0.717, 1.165) is 23.7 Å². The molecule has 0 aliphatic heterocycles. The molecular weight excluding hydrogens is 205 g/mol. The van der Waals surface area contributed by atoms with Crippen molar-refractivity contribution in [3.05, 3.63) is 34.9 Å². The van der Waals surface area contributed by atoms with Gasteiger partial charge in [0.1, 0.15) is 0 Å². The van der Waals surface area contributed by atoms with Crippen LogP contribution in [0.15, 0.2) is 24.3 Å². The summed E-state index contributed by atoms with van der Waals surface area (Å²) >= 11 is 11.6. The highest BCUT2D eigenvalue weighted by Gasteiger charge is 2.02. The second kappa shape index (κ2) is 5.48. The van der Waals surface area contributed by atoms with E-state index in [1.165, 1.54) is 0 Å². The van der Waals surface area contributed by atoms with Gasteiger partial charge in [0.15, 0.2) is 0 Å². The maximum absolute atomic E-state index is 6.01. The lowest BCUT2D eigenvalue weighted by atomic mass is 10.2. The lowest BCUT2D eigenvalue weighted by Gasteiger charge is -2.15. The second-order valence-electron chi connectivity index (χ2n) is 3.02. The first-order valence-corrected chi connectivity index (χ1v) is 5.13. The summed E-state index contributed by atoms with van der Waals surface area (Å²) in [7, 11) is 2.03. The highest BCUT2D eigenvalue weighted by atomic mass is 35.5. The van der Waals surface area contributed by atoms with Gasteiger partial charge in [0, 0.05) is 24.0 Å². The third kappa shape index (κ3) is 3.55. The van der Waals surface area contributed by atoms with Crippen LogP contribution in [0.2, 0.25) is 5.02 Å². The molecule has 0 spiro atoms. The normalized spacial score (nSPS) is 10.8. The highest BCUT2D eigenvalue weighted by molar-refractivity contribution is 6.31. The topological polar surface area (TPSA) is 3.24 Å². The summed E-state index contributed by atoms with van der Waals surface area (Å²) in [5.41, 5.74) is 1.15. The Labute approximate surface area is 89.3 Å². The minimum Gasteiger partial charge on any atom is -0.301 e. The van der Waals surface area contributed by atoms with Crippen LogP contribution in [0.3, 0.4) is 0 Å². The van der Waals surface area contributed by atoms with E-state index >= 15 is 0 Å². The Morgan fingerprint density at radius 2 is 2.00 bits per heavy atom. The maximum atomic E-state index is 6.01. The van der Waals surface area contributed by atoms with Crippen molar-refractivity contribution >= 4 is 23.2 Å². The molecule has 1 aromatic rings. The van der Waals surface area contributed by atoms with E-state index < -0.39 is 0 Å². The molecule has 0 bridgehead atoms. The van der Waals surface area contributed by atoms with Crippen LogP contribution in [-0.2, 0) is 6.54 Å². The number of benzene rings is 1. The molecule has 0 saturated heterocycles. The zero-order chi connectivity index (χ0) is 9.68. The van der Waals surface area contributed by atoms with Gasteiger partial charge in [0.05, 0.1) is 0 Å². The zero-order valence-electron chi connectivity index (χ0n) is 7.63. The summed E-state index contributed by atoms with van der Waals surface area (Å²) in [5, 5.41) is 0.823. The first kappa shape index (κ1) is 10.8. The summed E-state index contributed by atoms with van der Waals surface area (Å²) < 4.78 is 0. The van der Waals surface area contributed by atoms with Crippen LogP contribution in [0.5, 0.6) is 0 Å². The van der Waals surface area contributed by atoms with E-state index in [9.17, 15) is 0 Å². The SMILES string of the molecule is CN(CCCl)Cc1ccccc1Cl. The van der Waals surface area contributed by atoms with Crippen molar-refractivity contribution in [2.45, 2.75) is 6.54 Å². The van der Waals surface area contributed by atoms with Crippen molar-refractivity contribution in [1.82, 2.24) is 4.90 Å². The van der Waals surface area contributed by atoms with Crippen LogP contribution < -0.4 is 0 Å². The number of rotatable bonds is 4. The number of hydrogen-bond acceptors (Lipinski definition) is 1. The molecule has 0 aliphatic rings. The lowest BCUT2D eigenvalue weighted by Crippen LogP contribution is -2.20. The van der Waals surface area contributed by atoms with Gasteiger partial charge in [0.25, 0.3) is 0 Å². The van der Waals surface area contributed by atoms with Gasteiger partial charge in [-0.3, -0.25) is 0 Å². The average Bonchev–Trinajstić information content (AvgIpc) is 2.09. The van der Waals surface area contributed by atoms with Gasteiger partial charge in [-0.2, -0.15) is 0 Å². The maximum Gasteiger partial charge on any atom is 0.0451 e. The molecule has 1 nitrogen and oxygen atoms in total. The van der Waals surface area contributed by atoms with Crippen molar-refractivity contribution in [2.75, 3.05) is 19.5 Å². The van der Waals surface area contributed by atoms with Crippen molar-refractivity contribution in [3.8, 4) is 0 Å². The fourth-order valence-corrected chi connectivity index (χ4v) is 1.62. The van der Waals surface area contributed by atoms with Crippen molar-refractivity contribution in [2.24, 2.45) is 0 Å². The van der Waals surface area contributed by atoms with Gasteiger partial charge in [-0.15, -0.1) is 11.6 Å². The average molecular weight is 218 g/mol. The van der Waals surface area contributed by atoms with E-state index in [1.54, 1.807) is 0 Å². The van der Waals surface area contributed by atoms with Gasteiger partial charge in [0.2, 0.25) is 0 Å². The first-order valence-electron chi connectivity index (χ1n) is 4.22. The van der Waals surface area contributed by atoms with Gasteiger partial charge in [-0.1, -0.05) is 29.8 Å². The summed E-state index contributed by atoms with van der Waals surface area (Å²) in [6.07, 6.45) is 0. The smallest absolute Gasteiger partial charge is 0.0451 e. The van der Waals surface area contributed by atoms with Crippen LogP contribution in [0.1, 0.15) is 5.56 Å². The summed E-state index contributed by atoms with van der Waals surface area (Å²) in [4.78, 5) is 2.15. The highest BCUT2D eigenvalue weighted by Crippen LogP contribution is 2.16. The van der Waals surface area contributed by atoms with Gasteiger partial charge in [-0.05, 0) is 18.7 Å². The Hall–Kier alpha value is -0.240. The molecular formula is C10H13Cl2N. The van der Waals surface area contributed by atoms with Gasteiger partial charge in [-0.25, -0.2) is 0 Å². The predicted molar refractivity (Wildman–Crippen MR) is 58.5 cm³/mol. The van der Waals surface area contributed by atoms with Gasteiger partial charge < -0.3 is 4.90 Å². The Kier molecular flexibility index (Phi) is 4.57. The van der Waals surface area contributed by atoms with E-state index in [1.807, 2.05) is 31.3 Å². The van der Waals surface area contributed by atoms with Crippen LogP contribution in [0.25, 0.3) is 0 Å². The Morgan fingerprint density at radius 3 is 2.62 bits per heavy atom. The molecule has 3 heteroatoms. The summed E-state index contributed by atoms with van der Waals surface area (Å²) in [6.45, 7) is 1.74. The van der Waals surface area contributed by atoms with Crippen LogP contribution in [-0.4, -0.2) is 24.4 Å². The standard InChI is InChI=1S/C10H13Cl2N/c1-13(7-6-11)8-9-4-2-3-5-10(9)12/h2-5H,6-8H2,1H3. The molecule has 0 unspecified atom stereocenters. The van der Waals surface area contributed by atoms with E-state index in [4.69, 9.17) is 23.2 Å². The molecule has 72 valence electrons. The quantitative estimate of drug-likeness (QED) is 0.702. The monoisotopic (exact) mass is 217 g/mol. The van der Waals surface area contributed by atoms with E-state index in [0.29, 0.717) is 5.88 Å². The van der Waals surface area contributed by atoms with Crippen molar-refractivity contribution in [1.29, 1.82) is 0 Å². The summed E-state index contributed by atoms with van der Waals surface area (Å²) in [6, 6.07) is 7.88. The molecule has 0 aliphatic carbocycles. The Balaban J connectivity index is 2.58. The third-order valence-corrected chi connectivity index (χ3v) is 2.40. The molecule has 0 radical (unpaired) electrons. The van der Waals surface area contributed by atoms with Gasteiger partial charge >= 0.3 is 0 Å². The van der Waals surface area contributed by atoms with E-state index in [2.05, 4.69) is 4.90 Å².